The number of amides is 1. The maximum Gasteiger partial charge on any atom is 0.226 e. The molecular weight excluding hydrogens is 338 g/mol. The largest absolute Gasteiger partial charge is 0.339 e. The van der Waals surface area contributed by atoms with Crippen molar-refractivity contribution >= 4 is 17.5 Å². The Morgan fingerprint density at radius 3 is 2.60 bits per heavy atom. The molecule has 5 nitrogen and oxygen atoms in total. The number of carbonyl (C=O) groups is 1. The molecule has 0 saturated heterocycles. The molecule has 0 atom stereocenters. The van der Waals surface area contributed by atoms with Gasteiger partial charge in [-0.1, -0.05) is 55.7 Å². The minimum Gasteiger partial charge on any atom is -0.339 e. The lowest BCUT2D eigenvalue weighted by Gasteiger charge is -2.21. The summed E-state index contributed by atoms with van der Waals surface area (Å²) in [5.41, 5.74) is 0.831. The van der Waals surface area contributed by atoms with Gasteiger partial charge in [-0.25, -0.2) is 0 Å². The van der Waals surface area contributed by atoms with E-state index >= 15 is 0 Å². The van der Waals surface area contributed by atoms with Crippen molar-refractivity contribution in [2.24, 2.45) is 0 Å². The fourth-order valence-corrected chi connectivity index (χ4v) is 2.61. The molecule has 1 aromatic carbocycles. The van der Waals surface area contributed by atoms with E-state index in [1.54, 1.807) is 0 Å². The van der Waals surface area contributed by atoms with E-state index < -0.39 is 0 Å². The van der Waals surface area contributed by atoms with Crippen LogP contribution in [0.1, 0.15) is 57.8 Å². The van der Waals surface area contributed by atoms with Crippen LogP contribution in [-0.4, -0.2) is 27.5 Å². The fourth-order valence-electron chi connectivity index (χ4n) is 2.42. The van der Waals surface area contributed by atoms with E-state index in [1.807, 2.05) is 56.9 Å². The number of aryl methyl sites for hydroxylation is 1. The number of rotatable bonds is 7. The van der Waals surface area contributed by atoms with Gasteiger partial charge in [0, 0.05) is 36.4 Å². The Kier molecular flexibility index (Phi) is 6.59. The molecule has 1 aromatic heterocycles. The van der Waals surface area contributed by atoms with Crippen molar-refractivity contribution in [1.29, 1.82) is 0 Å². The van der Waals surface area contributed by atoms with E-state index in [1.165, 1.54) is 0 Å². The first-order chi connectivity index (χ1) is 11.8. The van der Waals surface area contributed by atoms with Crippen LogP contribution >= 0.6 is 11.6 Å². The number of halogens is 1. The first-order valence-corrected chi connectivity index (χ1v) is 9.03. The highest BCUT2D eigenvalue weighted by molar-refractivity contribution is 6.31. The highest BCUT2D eigenvalue weighted by Gasteiger charge is 2.21. The third kappa shape index (κ3) is 5.56. The summed E-state index contributed by atoms with van der Waals surface area (Å²) in [6, 6.07) is 7.62. The van der Waals surface area contributed by atoms with Gasteiger partial charge in [0.05, 0.1) is 0 Å². The number of nitrogens with zero attached hydrogens (tertiary/aromatic N) is 3. The summed E-state index contributed by atoms with van der Waals surface area (Å²) in [5.74, 6) is 1.40. The van der Waals surface area contributed by atoms with Crippen LogP contribution in [0.15, 0.2) is 28.8 Å². The highest BCUT2D eigenvalue weighted by Crippen LogP contribution is 2.20. The van der Waals surface area contributed by atoms with E-state index in [0.29, 0.717) is 49.1 Å². The molecular formula is C19H26ClN3O2. The summed E-state index contributed by atoms with van der Waals surface area (Å²) >= 11 is 6.19. The topological polar surface area (TPSA) is 59.2 Å². The van der Waals surface area contributed by atoms with Gasteiger partial charge in [0.2, 0.25) is 11.8 Å². The predicted octanol–water partition coefficient (Wildman–Crippen LogP) is 4.39. The second kappa shape index (κ2) is 8.48. The molecule has 0 bridgehead atoms. The Morgan fingerprint density at radius 1 is 1.28 bits per heavy atom. The van der Waals surface area contributed by atoms with Gasteiger partial charge < -0.3 is 9.42 Å². The summed E-state index contributed by atoms with van der Waals surface area (Å²) in [7, 11) is 0. The van der Waals surface area contributed by atoms with Crippen molar-refractivity contribution in [3.8, 4) is 0 Å². The molecule has 2 rings (SSSR count). The van der Waals surface area contributed by atoms with Gasteiger partial charge in [-0.3, -0.25) is 4.79 Å². The normalized spacial score (nSPS) is 11.6. The van der Waals surface area contributed by atoms with Crippen LogP contribution in [0.2, 0.25) is 5.02 Å². The third-order valence-electron chi connectivity index (χ3n) is 3.97. The molecule has 6 heteroatoms. The lowest BCUT2D eigenvalue weighted by atomic mass is 9.96. The summed E-state index contributed by atoms with van der Waals surface area (Å²) < 4.78 is 5.27. The molecule has 0 aliphatic carbocycles. The molecule has 0 unspecified atom stereocenters. The van der Waals surface area contributed by atoms with Gasteiger partial charge >= 0.3 is 0 Å². The van der Waals surface area contributed by atoms with Crippen LogP contribution in [0.4, 0.5) is 0 Å². The standard InChI is InChI=1S/C19H26ClN3O2/c1-5-23(13-14-9-6-7-10-15(14)20)17(24)12-8-11-16-21-18(22-25-16)19(2,3)4/h6-7,9-10H,5,8,11-13H2,1-4H3. The highest BCUT2D eigenvalue weighted by atomic mass is 35.5. The average Bonchev–Trinajstić information content (AvgIpc) is 3.03. The smallest absolute Gasteiger partial charge is 0.226 e. The van der Waals surface area contributed by atoms with E-state index in [4.69, 9.17) is 16.1 Å². The zero-order valence-electron chi connectivity index (χ0n) is 15.4. The minimum absolute atomic E-state index is 0.109. The first kappa shape index (κ1) is 19.4. The third-order valence-corrected chi connectivity index (χ3v) is 4.34. The zero-order chi connectivity index (χ0) is 18.4. The van der Waals surface area contributed by atoms with E-state index in [-0.39, 0.29) is 11.3 Å². The van der Waals surface area contributed by atoms with E-state index in [2.05, 4.69) is 10.1 Å². The lowest BCUT2D eigenvalue weighted by Crippen LogP contribution is -2.30. The molecule has 0 N–H and O–H groups in total. The molecule has 1 heterocycles. The monoisotopic (exact) mass is 363 g/mol. The van der Waals surface area contributed by atoms with Crippen molar-refractivity contribution in [2.45, 2.75) is 58.9 Å². The summed E-state index contributed by atoms with van der Waals surface area (Å²) in [6.45, 7) is 9.28. The van der Waals surface area contributed by atoms with Gasteiger partial charge in [-0.15, -0.1) is 0 Å². The Labute approximate surface area is 154 Å². The summed E-state index contributed by atoms with van der Waals surface area (Å²) in [4.78, 5) is 18.7. The van der Waals surface area contributed by atoms with Crippen molar-refractivity contribution in [1.82, 2.24) is 15.0 Å². The molecule has 0 radical (unpaired) electrons. The summed E-state index contributed by atoms with van der Waals surface area (Å²) in [6.07, 6.45) is 1.74. The molecule has 25 heavy (non-hydrogen) atoms. The van der Waals surface area contributed by atoms with Crippen molar-refractivity contribution in [2.75, 3.05) is 6.54 Å². The Bertz CT molecular complexity index is 707. The second-order valence-corrected chi connectivity index (χ2v) is 7.52. The van der Waals surface area contributed by atoms with Gasteiger partial charge in [-0.2, -0.15) is 4.98 Å². The number of carbonyl (C=O) groups excluding carboxylic acids is 1. The van der Waals surface area contributed by atoms with Crippen molar-refractivity contribution in [3.63, 3.8) is 0 Å². The van der Waals surface area contributed by atoms with Gasteiger partial charge in [0.15, 0.2) is 5.82 Å². The van der Waals surface area contributed by atoms with Crippen LogP contribution in [0.25, 0.3) is 0 Å². The SMILES string of the molecule is CCN(Cc1ccccc1Cl)C(=O)CCCc1nc(C(C)(C)C)no1. The number of benzene rings is 1. The summed E-state index contributed by atoms with van der Waals surface area (Å²) in [5, 5.41) is 4.70. The Hall–Kier alpha value is -1.88. The van der Waals surface area contributed by atoms with Gasteiger partial charge in [-0.05, 0) is 25.0 Å². The second-order valence-electron chi connectivity index (χ2n) is 7.11. The Morgan fingerprint density at radius 2 is 2.00 bits per heavy atom. The minimum atomic E-state index is -0.133. The average molecular weight is 364 g/mol. The molecule has 0 saturated carbocycles. The molecule has 0 fully saturated rings. The quantitative estimate of drug-likeness (QED) is 0.731. The van der Waals surface area contributed by atoms with Crippen LogP contribution < -0.4 is 0 Å². The maximum absolute atomic E-state index is 12.5. The van der Waals surface area contributed by atoms with Gasteiger partial charge in [0.25, 0.3) is 0 Å². The van der Waals surface area contributed by atoms with Crippen LogP contribution in [0.5, 0.6) is 0 Å². The molecule has 0 aliphatic rings. The molecule has 1 amide bonds. The van der Waals surface area contributed by atoms with Crippen molar-refractivity contribution in [3.05, 3.63) is 46.6 Å². The van der Waals surface area contributed by atoms with E-state index in [9.17, 15) is 4.79 Å². The zero-order valence-corrected chi connectivity index (χ0v) is 16.1. The van der Waals surface area contributed by atoms with Crippen molar-refractivity contribution < 1.29 is 9.32 Å². The van der Waals surface area contributed by atoms with Crippen LogP contribution in [0.3, 0.4) is 0 Å². The van der Waals surface area contributed by atoms with Gasteiger partial charge in [0.1, 0.15) is 0 Å². The van der Waals surface area contributed by atoms with Crippen LogP contribution in [0, 0.1) is 0 Å². The first-order valence-electron chi connectivity index (χ1n) is 8.65. The number of hydrogen-bond acceptors (Lipinski definition) is 4. The predicted molar refractivity (Wildman–Crippen MR) is 98.5 cm³/mol. The Balaban J connectivity index is 1.86. The molecule has 136 valence electrons. The fraction of sp³-hybridized carbons (Fsp3) is 0.526. The van der Waals surface area contributed by atoms with E-state index in [0.717, 1.165) is 5.56 Å². The number of aromatic nitrogens is 2. The molecule has 2 aromatic rings. The lowest BCUT2D eigenvalue weighted by molar-refractivity contribution is -0.131. The molecule has 0 spiro atoms. The van der Waals surface area contributed by atoms with Crippen LogP contribution in [-0.2, 0) is 23.2 Å². The molecule has 0 aliphatic heterocycles. The number of hydrogen-bond donors (Lipinski definition) is 0. The maximum atomic E-state index is 12.5.